The van der Waals surface area contributed by atoms with E-state index in [1.54, 1.807) is 12.4 Å². The van der Waals surface area contributed by atoms with Crippen molar-refractivity contribution in [3.63, 3.8) is 0 Å². The van der Waals surface area contributed by atoms with E-state index in [0.717, 1.165) is 36.2 Å². The third kappa shape index (κ3) is 8.56. The lowest BCUT2D eigenvalue weighted by molar-refractivity contribution is 0.249. The third-order valence-electron chi connectivity index (χ3n) is 4.15. The first-order chi connectivity index (χ1) is 13.9. The van der Waals surface area contributed by atoms with Gasteiger partial charge >= 0.3 is 6.03 Å². The summed E-state index contributed by atoms with van der Waals surface area (Å²) in [4.78, 5) is 25.9. The number of nitrogens with two attached hydrogens (primary N) is 2. The van der Waals surface area contributed by atoms with Gasteiger partial charge in [-0.25, -0.2) is 14.8 Å². The zero-order valence-electron chi connectivity index (χ0n) is 17.1. The fourth-order valence-corrected chi connectivity index (χ4v) is 2.69. The van der Waals surface area contributed by atoms with E-state index < -0.39 is 6.03 Å². The Labute approximate surface area is 171 Å². The fraction of sp³-hybridized carbons (Fsp3) is 0.400. The van der Waals surface area contributed by atoms with Crippen LogP contribution in [0.5, 0.6) is 0 Å². The molecule has 9 nitrogen and oxygen atoms in total. The van der Waals surface area contributed by atoms with Gasteiger partial charge in [0.05, 0.1) is 0 Å². The van der Waals surface area contributed by atoms with E-state index in [0.29, 0.717) is 12.5 Å². The number of carbonyl (C=O) groups excluding carboxylic acids is 1. The van der Waals surface area contributed by atoms with Crippen LogP contribution < -0.4 is 22.1 Å². The molecule has 0 fully saturated rings. The van der Waals surface area contributed by atoms with E-state index in [2.05, 4.69) is 44.6 Å². The lowest BCUT2D eigenvalue weighted by atomic mass is 10.1. The molecule has 1 heterocycles. The first-order valence-electron chi connectivity index (χ1n) is 9.61. The number of hydrogen-bond acceptors (Lipinski definition) is 5. The van der Waals surface area contributed by atoms with Crippen LogP contribution in [-0.2, 0) is 6.54 Å². The Morgan fingerprint density at radius 3 is 2.55 bits per heavy atom. The van der Waals surface area contributed by atoms with Crippen molar-refractivity contribution in [2.75, 3.05) is 32.5 Å². The maximum atomic E-state index is 11.5. The molecule has 29 heavy (non-hydrogen) atoms. The molecule has 0 aliphatic carbocycles. The Morgan fingerprint density at radius 2 is 1.86 bits per heavy atom. The lowest BCUT2D eigenvalue weighted by Gasteiger charge is -2.09. The zero-order valence-corrected chi connectivity index (χ0v) is 17.1. The van der Waals surface area contributed by atoms with Crippen LogP contribution >= 0.6 is 0 Å². The molecule has 0 unspecified atom stereocenters. The van der Waals surface area contributed by atoms with Gasteiger partial charge in [0.2, 0.25) is 5.95 Å². The molecule has 0 aliphatic rings. The van der Waals surface area contributed by atoms with Gasteiger partial charge in [0, 0.05) is 31.0 Å². The lowest BCUT2D eigenvalue weighted by Crippen LogP contribution is -2.28. The molecular weight excluding hydrogens is 368 g/mol. The van der Waals surface area contributed by atoms with Crippen molar-refractivity contribution in [3.05, 3.63) is 42.2 Å². The van der Waals surface area contributed by atoms with Gasteiger partial charge in [-0.2, -0.15) is 4.99 Å². The number of amides is 2. The summed E-state index contributed by atoms with van der Waals surface area (Å²) < 4.78 is 0. The molecule has 156 valence electrons. The normalized spacial score (nSPS) is 10.6. The Balaban J connectivity index is 1.84. The number of urea groups is 1. The number of unbranched alkanes of at least 4 members (excludes halogenated alkanes) is 2. The maximum absolute atomic E-state index is 11.5. The molecule has 0 atom stereocenters. The van der Waals surface area contributed by atoms with Gasteiger partial charge in [-0.3, -0.25) is 0 Å². The van der Waals surface area contributed by atoms with Gasteiger partial charge in [0.1, 0.15) is 0 Å². The highest BCUT2D eigenvalue weighted by molar-refractivity contribution is 5.90. The molecule has 1 aromatic carbocycles. The van der Waals surface area contributed by atoms with Crippen molar-refractivity contribution < 1.29 is 4.79 Å². The van der Waals surface area contributed by atoms with Crippen LogP contribution in [0, 0.1) is 0 Å². The van der Waals surface area contributed by atoms with Gasteiger partial charge in [0.15, 0.2) is 5.96 Å². The Hall–Kier alpha value is -3.20. The predicted octanol–water partition coefficient (Wildman–Crippen LogP) is 1.77. The molecule has 0 saturated heterocycles. The first kappa shape index (κ1) is 22.1. The number of aliphatic imine (C=N–C) groups is 1. The largest absolute Gasteiger partial charge is 0.370 e. The average molecular weight is 399 g/mol. The van der Waals surface area contributed by atoms with E-state index >= 15 is 0 Å². The van der Waals surface area contributed by atoms with Crippen molar-refractivity contribution in [2.45, 2.75) is 25.8 Å². The number of benzene rings is 1. The van der Waals surface area contributed by atoms with Crippen molar-refractivity contribution in [1.29, 1.82) is 0 Å². The number of hydrogen-bond donors (Lipinski definition) is 4. The van der Waals surface area contributed by atoms with Crippen LogP contribution in [-0.4, -0.2) is 54.0 Å². The van der Waals surface area contributed by atoms with Crippen molar-refractivity contribution in [3.8, 4) is 11.1 Å². The molecule has 6 N–H and O–H groups in total. The number of carbonyl (C=O) groups is 1. The van der Waals surface area contributed by atoms with Crippen molar-refractivity contribution in [2.24, 2.45) is 16.5 Å². The molecule has 0 radical (unpaired) electrons. The van der Waals surface area contributed by atoms with Gasteiger partial charge in [-0.1, -0.05) is 24.6 Å². The molecule has 0 aliphatic heterocycles. The second-order valence-electron chi connectivity index (χ2n) is 6.98. The number of anilines is 1. The van der Waals surface area contributed by atoms with E-state index in [1.165, 1.54) is 12.8 Å². The molecule has 2 aromatic rings. The van der Waals surface area contributed by atoms with Crippen LogP contribution in [0.1, 0.15) is 24.8 Å². The van der Waals surface area contributed by atoms with Crippen LogP contribution in [0.4, 0.5) is 10.7 Å². The highest BCUT2D eigenvalue weighted by Crippen LogP contribution is 2.19. The quantitative estimate of drug-likeness (QED) is 0.272. The van der Waals surface area contributed by atoms with Crippen molar-refractivity contribution >= 4 is 17.9 Å². The first-order valence-corrected chi connectivity index (χ1v) is 9.61. The van der Waals surface area contributed by atoms with Crippen molar-refractivity contribution in [1.82, 2.24) is 20.2 Å². The number of nitrogens with zero attached hydrogens (tertiary/aromatic N) is 4. The Kier molecular flexibility index (Phi) is 8.84. The molecule has 0 saturated carbocycles. The van der Waals surface area contributed by atoms with E-state index in [-0.39, 0.29) is 5.96 Å². The minimum atomic E-state index is -0.573. The smallest absolute Gasteiger partial charge is 0.344 e. The SMILES string of the molecule is CN(C)CCCCCNc1ncc(-c2cccc(CNC(=O)N=C(N)N)c2)cn1. The van der Waals surface area contributed by atoms with E-state index in [9.17, 15) is 4.79 Å². The van der Waals surface area contributed by atoms with Crippen LogP contribution in [0.3, 0.4) is 0 Å². The van der Waals surface area contributed by atoms with Crippen LogP contribution in [0.25, 0.3) is 11.1 Å². The van der Waals surface area contributed by atoms with Gasteiger partial charge in [-0.15, -0.1) is 0 Å². The Morgan fingerprint density at radius 1 is 1.10 bits per heavy atom. The summed E-state index contributed by atoms with van der Waals surface area (Å²) in [5, 5.41) is 5.89. The second-order valence-corrected chi connectivity index (χ2v) is 6.98. The topological polar surface area (TPSA) is 135 Å². The molecule has 1 aromatic heterocycles. The molecule has 0 spiro atoms. The van der Waals surface area contributed by atoms with E-state index in [1.807, 2.05) is 24.3 Å². The number of aromatic nitrogens is 2. The highest BCUT2D eigenvalue weighted by atomic mass is 16.2. The van der Waals surface area contributed by atoms with Gasteiger partial charge < -0.3 is 27.0 Å². The third-order valence-corrected chi connectivity index (χ3v) is 4.15. The average Bonchev–Trinajstić information content (AvgIpc) is 2.69. The summed E-state index contributed by atoms with van der Waals surface area (Å²) in [6, 6.07) is 7.18. The number of guanidine groups is 1. The maximum Gasteiger partial charge on any atom is 0.344 e. The molecule has 2 amide bonds. The summed E-state index contributed by atoms with van der Waals surface area (Å²) in [6.07, 6.45) is 7.04. The zero-order chi connectivity index (χ0) is 21.1. The highest BCUT2D eigenvalue weighted by Gasteiger charge is 2.04. The Bertz CT molecular complexity index is 800. The molecular formula is C20H30N8O. The summed E-state index contributed by atoms with van der Waals surface area (Å²) >= 11 is 0. The summed E-state index contributed by atoms with van der Waals surface area (Å²) in [5.74, 6) is 0.359. The van der Waals surface area contributed by atoms with Gasteiger partial charge in [0.25, 0.3) is 0 Å². The molecule has 9 heteroatoms. The number of rotatable bonds is 10. The standard InChI is InChI=1S/C20H30N8O/c1-28(2)10-5-3-4-9-23-19-24-13-17(14-25-19)16-8-6-7-15(11-16)12-26-20(29)27-18(21)22/h6-8,11,13-14H,3-5,9-10,12H2,1-2H3,(H,23,24,25)(H5,21,22,26,27,29). The van der Waals surface area contributed by atoms with Crippen LogP contribution in [0.15, 0.2) is 41.7 Å². The summed E-state index contributed by atoms with van der Waals surface area (Å²) in [6.45, 7) is 2.29. The minimum absolute atomic E-state index is 0.268. The summed E-state index contributed by atoms with van der Waals surface area (Å²) in [5.41, 5.74) is 13.2. The minimum Gasteiger partial charge on any atom is -0.370 e. The molecule has 2 rings (SSSR count). The summed E-state index contributed by atoms with van der Waals surface area (Å²) in [7, 11) is 4.18. The number of nitrogens with one attached hydrogen (secondary N) is 2. The molecule has 0 bridgehead atoms. The monoisotopic (exact) mass is 398 g/mol. The predicted molar refractivity (Wildman–Crippen MR) is 116 cm³/mol. The second kappa shape index (κ2) is 11.6. The fourth-order valence-electron chi connectivity index (χ4n) is 2.69. The van der Waals surface area contributed by atoms with Crippen LogP contribution in [0.2, 0.25) is 0 Å². The van der Waals surface area contributed by atoms with E-state index in [4.69, 9.17) is 11.5 Å². The van der Waals surface area contributed by atoms with Gasteiger partial charge in [-0.05, 0) is 50.7 Å².